The van der Waals surface area contributed by atoms with Crippen LogP contribution >= 0.6 is 11.6 Å². The highest BCUT2D eigenvalue weighted by atomic mass is 35.5. The van der Waals surface area contributed by atoms with Crippen LogP contribution in [-0.4, -0.2) is 54.7 Å². The van der Waals surface area contributed by atoms with Crippen molar-refractivity contribution < 1.29 is 14.0 Å². The van der Waals surface area contributed by atoms with E-state index in [4.69, 9.17) is 16.0 Å². The molecule has 0 bridgehead atoms. The summed E-state index contributed by atoms with van der Waals surface area (Å²) in [5, 5.41) is 0.758. The summed E-state index contributed by atoms with van der Waals surface area (Å²) in [6, 6.07) is 11.1. The van der Waals surface area contributed by atoms with Crippen molar-refractivity contribution in [3.8, 4) is 0 Å². The number of carbonyl (C=O) groups is 2. The highest BCUT2D eigenvalue weighted by molar-refractivity contribution is 6.41. The zero-order valence-electron chi connectivity index (χ0n) is 15.6. The summed E-state index contributed by atoms with van der Waals surface area (Å²) in [7, 11) is 1.69. The Kier molecular flexibility index (Phi) is 6.69. The molecule has 2 aromatic rings. The molecule has 2 heterocycles. The monoisotopic (exact) mass is 388 g/mol. The third-order valence-corrected chi connectivity index (χ3v) is 5.30. The van der Waals surface area contributed by atoms with Gasteiger partial charge in [0.1, 0.15) is 0 Å². The van der Waals surface area contributed by atoms with Gasteiger partial charge >= 0.3 is 0 Å². The molecular formula is C21H25ClN2O3. The quantitative estimate of drug-likeness (QED) is 0.538. The summed E-state index contributed by atoms with van der Waals surface area (Å²) in [4.78, 5) is 28.4. The van der Waals surface area contributed by atoms with Crippen LogP contribution in [0, 0.1) is 5.92 Å². The van der Waals surface area contributed by atoms with E-state index in [0.717, 1.165) is 43.9 Å². The van der Waals surface area contributed by atoms with Gasteiger partial charge in [0, 0.05) is 31.7 Å². The number of piperidine rings is 1. The number of Topliss-reactive ketones (excluding diaryl/α,β-unsaturated/α-hetero) is 1. The Bertz CT molecular complexity index is 758. The smallest absolute Gasteiger partial charge is 0.298 e. The van der Waals surface area contributed by atoms with Gasteiger partial charge in [-0.25, -0.2) is 0 Å². The van der Waals surface area contributed by atoms with E-state index in [1.807, 2.05) is 12.1 Å². The predicted molar refractivity (Wildman–Crippen MR) is 105 cm³/mol. The van der Waals surface area contributed by atoms with Crippen LogP contribution in [0.4, 0.5) is 0 Å². The van der Waals surface area contributed by atoms with Gasteiger partial charge in [0.25, 0.3) is 11.7 Å². The average Bonchev–Trinajstić information content (AvgIpc) is 3.21. The van der Waals surface area contributed by atoms with Crippen LogP contribution in [0.25, 0.3) is 0 Å². The zero-order chi connectivity index (χ0) is 19.2. The van der Waals surface area contributed by atoms with Crippen LogP contribution in [0.15, 0.2) is 47.1 Å². The first-order chi connectivity index (χ1) is 13.0. The number of hydrogen-bond donors (Lipinski definition) is 0. The molecule has 6 heteroatoms. The maximum Gasteiger partial charge on any atom is 0.298 e. The molecule has 1 atom stereocenters. The third kappa shape index (κ3) is 5.44. The number of hydrogen-bond acceptors (Lipinski definition) is 4. The predicted octanol–water partition coefficient (Wildman–Crippen LogP) is 3.53. The highest BCUT2D eigenvalue weighted by Crippen LogP contribution is 2.19. The van der Waals surface area contributed by atoms with Gasteiger partial charge in [-0.3, -0.25) is 9.59 Å². The molecule has 0 radical (unpaired) electrons. The maximum atomic E-state index is 12.3. The van der Waals surface area contributed by atoms with E-state index < -0.39 is 11.7 Å². The highest BCUT2D eigenvalue weighted by Gasteiger charge is 2.27. The molecule has 1 amide bonds. The van der Waals surface area contributed by atoms with Gasteiger partial charge in [-0.05, 0) is 61.6 Å². The van der Waals surface area contributed by atoms with E-state index in [1.54, 1.807) is 13.1 Å². The zero-order valence-corrected chi connectivity index (χ0v) is 16.3. The molecule has 1 aromatic carbocycles. The third-order valence-electron chi connectivity index (χ3n) is 5.05. The lowest BCUT2D eigenvalue weighted by molar-refractivity contribution is -0.126. The molecule has 1 aliphatic heterocycles. The SMILES string of the molecule is CN(C[C@@H]1CCCN(CCc2ccc(Cl)cc2)C1)C(=O)C(=O)c1ccco1. The number of carbonyl (C=O) groups excluding carboxylic acids is 2. The molecule has 0 aliphatic carbocycles. The van der Waals surface area contributed by atoms with E-state index in [0.29, 0.717) is 12.5 Å². The van der Waals surface area contributed by atoms with Gasteiger partial charge in [-0.2, -0.15) is 0 Å². The molecular weight excluding hydrogens is 364 g/mol. The van der Waals surface area contributed by atoms with Crippen LogP contribution in [0.5, 0.6) is 0 Å². The normalized spacial score (nSPS) is 17.6. The number of nitrogens with zero attached hydrogens (tertiary/aromatic N) is 2. The van der Waals surface area contributed by atoms with Gasteiger partial charge < -0.3 is 14.2 Å². The fraction of sp³-hybridized carbons (Fsp3) is 0.429. The van der Waals surface area contributed by atoms with Crippen molar-refractivity contribution in [1.82, 2.24) is 9.80 Å². The number of likely N-dealkylation sites (tertiary alicyclic amines) is 1. The largest absolute Gasteiger partial charge is 0.461 e. The van der Waals surface area contributed by atoms with Crippen molar-refractivity contribution >= 4 is 23.3 Å². The molecule has 0 saturated carbocycles. The summed E-state index contributed by atoms with van der Waals surface area (Å²) >= 11 is 5.94. The molecule has 27 heavy (non-hydrogen) atoms. The molecule has 144 valence electrons. The van der Waals surface area contributed by atoms with Crippen molar-refractivity contribution in [1.29, 1.82) is 0 Å². The summed E-state index contributed by atoms with van der Waals surface area (Å²) in [5.41, 5.74) is 1.28. The van der Waals surface area contributed by atoms with E-state index >= 15 is 0 Å². The minimum atomic E-state index is -0.585. The van der Waals surface area contributed by atoms with E-state index in [-0.39, 0.29) is 5.76 Å². The van der Waals surface area contributed by atoms with Gasteiger partial charge in [-0.15, -0.1) is 0 Å². The number of furan rings is 1. The van der Waals surface area contributed by atoms with Crippen LogP contribution in [0.3, 0.4) is 0 Å². The minimum absolute atomic E-state index is 0.0973. The van der Waals surface area contributed by atoms with Crippen molar-refractivity contribution in [3.63, 3.8) is 0 Å². The Balaban J connectivity index is 1.48. The van der Waals surface area contributed by atoms with Crippen LogP contribution in [0.1, 0.15) is 29.0 Å². The first kappa shape index (κ1) is 19.6. The van der Waals surface area contributed by atoms with Gasteiger partial charge in [0.05, 0.1) is 6.26 Å². The van der Waals surface area contributed by atoms with E-state index in [9.17, 15) is 9.59 Å². The Morgan fingerprint density at radius 3 is 2.74 bits per heavy atom. The lowest BCUT2D eigenvalue weighted by Gasteiger charge is -2.34. The molecule has 1 aliphatic rings. The molecule has 1 aromatic heterocycles. The Morgan fingerprint density at radius 2 is 2.04 bits per heavy atom. The lowest BCUT2D eigenvalue weighted by Crippen LogP contribution is -2.43. The molecule has 0 unspecified atom stereocenters. The van der Waals surface area contributed by atoms with Gasteiger partial charge in [-0.1, -0.05) is 23.7 Å². The summed E-state index contributed by atoms with van der Waals surface area (Å²) < 4.78 is 5.04. The van der Waals surface area contributed by atoms with Crippen molar-refractivity contribution in [2.24, 2.45) is 5.92 Å². The average molecular weight is 389 g/mol. The van der Waals surface area contributed by atoms with E-state index in [2.05, 4.69) is 17.0 Å². The van der Waals surface area contributed by atoms with Crippen LogP contribution in [-0.2, 0) is 11.2 Å². The minimum Gasteiger partial charge on any atom is -0.461 e. The number of ketones is 1. The summed E-state index contributed by atoms with van der Waals surface area (Å²) in [6.07, 6.45) is 4.57. The van der Waals surface area contributed by atoms with Gasteiger partial charge in [0.2, 0.25) is 0 Å². The lowest BCUT2D eigenvalue weighted by atomic mass is 9.97. The van der Waals surface area contributed by atoms with Gasteiger partial charge in [0.15, 0.2) is 5.76 Å². The Hall–Kier alpha value is -2.11. The van der Waals surface area contributed by atoms with Crippen LogP contribution < -0.4 is 0 Å². The first-order valence-electron chi connectivity index (χ1n) is 9.33. The molecule has 1 saturated heterocycles. The maximum absolute atomic E-state index is 12.3. The summed E-state index contributed by atoms with van der Waals surface area (Å²) in [5.74, 6) is -0.622. The Labute approximate surface area is 164 Å². The first-order valence-corrected chi connectivity index (χ1v) is 9.71. The molecule has 5 nitrogen and oxygen atoms in total. The molecule has 3 rings (SSSR count). The van der Waals surface area contributed by atoms with Crippen molar-refractivity contribution in [2.45, 2.75) is 19.3 Å². The number of amides is 1. The fourth-order valence-electron chi connectivity index (χ4n) is 3.60. The summed E-state index contributed by atoms with van der Waals surface area (Å²) in [6.45, 7) is 3.59. The molecule has 0 N–H and O–H groups in total. The topological polar surface area (TPSA) is 53.8 Å². The number of rotatable bonds is 7. The second kappa shape index (κ2) is 9.20. The van der Waals surface area contributed by atoms with E-state index in [1.165, 1.54) is 22.8 Å². The Morgan fingerprint density at radius 1 is 1.26 bits per heavy atom. The van der Waals surface area contributed by atoms with Crippen LogP contribution in [0.2, 0.25) is 5.02 Å². The molecule has 0 spiro atoms. The number of halogens is 1. The second-order valence-corrected chi connectivity index (χ2v) is 7.61. The standard InChI is InChI=1S/C21H25ClN2O3/c1-23(21(26)20(25)19-5-3-13-27-19)14-17-4-2-11-24(15-17)12-10-16-6-8-18(22)9-7-16/h3,5-9,13,17H,2,4,10-12,14-15H2,1H3/t17-/m0/s1. The van der Waals surface area contributed by atoms with Crippen molar-refractivity contribution in [2.75, 3.05) is 33.2 Å². The number of benzene rings is 1. The van der Waals surface area contributed by atoms with Crippen molar-refractivity contribution in [3.05, 3.63) is 59.0 Å². The number of likely N-dealkylation sites (N-methyl/N-ethyl adjacent to an activating group) is 1. The fourth-order valence-corrected chi connectivity index (χ4v) is 3.72. The molecule has 1 fully saturated rings. The second-order valence-electron chi connectivity index (χ2n) is 7.18.